The van der Waals surface area contributed by atoms with E-state index in [9.17, 15) is 4.79 Å². The maximum Gasteiger partial charge on any atom is 0.251 e. The number of aromatic nitrogens is 1. The molecule has 0 aliphatic rings. The first-order chi connectivity index (χ1) is 14.6. The van der Waals surface area contributed by atoms with E-state index in [1.165, 1.54) is 6.08 Å². The second-order valence-electron chi connectivity index (χ2n) is 6.40. The van der Waals surface area contributed by atoms with Crippen molar-refractivity contribution >= 4 is 29.3 Å². The fraction of sp³-hybridized carbons (Fsp3) is 0.167. The van der Waals surface area contributed by atoms with Crippen molar-refractivity contribution in [1.29, 1.82) is 0 Å². The molecular formula is C24H23ClN2O3. The van der Waals surface area contributed by atoms with Crippen molar-refractivity contribution in [2.45, 2.75) is 13.5 Å². The minimum atomic E-state index is -0.171. The first kappa shape index (κ1) is 21.4. The largest absolute Gasteiger partial charge is 0.493 e. The zero-order chi connectivity index (χ0) is 21.3. The van der Waals surface area contributed by atoms with Crippen LogP contribution in [0.25, 0.3) is 6.08 Å². The third-order valence-corrected chi connectivity index (χ3v) is 4.61. The van der Waals surface area contributed by atoms with Crippen LogP contribution in [0.1, 0.15) is 18.2 Å². The van der Waals surface area contributed by atoms with Crippen LogP contribution in [-0.2, 0) is 11.3 Å². The number of ether oxygens (including phenoxy) is 2. The molecule has 3 rings (SSSR count). The van der Waals surface area contributed by atoms with Gasteiger partial charge in [-0.25, -0.2) is 0 Å². The Morgan fingerprint density at radius 2 is 1.90 bits per heavy atom. The maximum absolute atomic E-state index is 13.1. The summed E-state index contributed by atoms with van der Waals surface area (Å²) < 4.78 is 10.9. The zero-order valence-electron chi connectivity index (χ0n) is 16.9. The number of methoxy groups -OCH3 is 1. The van der Waals surface area contributed by atoms with Gasteiger partial charge in [0.15, 0.2) is 11.5 Å². The Morgan fingerprint density at radius 3 is 2.57 bits per heavy atom. The van der Waals surface area contributed by atoms with E-state index in [2.05, 4.69) is 4.98 Å². The monoisotopic (exact) mass is 422 g/mol. The van der Waals surface area contributed by atoms with Gasteiger partial charge >= 0.3 is 0 Å². The number of nitrogens with zero attached hydrogens (tertiary/aromatic N) is 2. The summed E-state index contributed by atoms with van der Waals surface area (Å²) in [6.07, 6.45) is 5.00. The minimum Gasteiger partial charge on any atom is -0.493 e. The fourth-order valence-electron chi connectivity index (χ4n) is 2.89. The molecule has 154 valence electrons. The average molecular weight is 423 g/mol. The number of carbonyl (C=O) groups excluding carboxylic acids is 1. The van der Waals surface area contributed by atoms with Gasteiger partial charge in [-0.3, -0.25) is 9.78 Å². The smallest absolute Gasteiger partial charge is 0.251 e. The van der Waals surface area contributed by atoms with Gasteiger partial charge < -0.3 is 14.4 Å². The normalized spacial score (nSPS) is 10.8. The Kier molecular flexibility index (Phi) is 7.46. The van der Waals surface area contributed by atoms with E-state index in [4.69, 9.17) is 21.1 Å². The molecular weight excluding hydrogens is 400 g/mol. The summed E-state index contributed by atoms with van der Waals surface area (Å²) in [6, 6.07) is 18.3. The van der Waals surface area contributed by atoms with Gasteiger partial charge in [-0.15, -0.1) is 0 Å². The number of carbonyl (C=O) groups is 1. The highest BCUT2D eigenvalue weighted by atomic mass is 35.5. The average Bonchev–Trinajstić information content (AvgIpc) is 2.78. The van der Waals surface area contributed by atoms with Crippen LogP contribution in [0.2, 0.25) is 5.02 Å². The van der Waals surface area contributed by atoms with Gasteiger partial charge in [0.1, 0.15) is 0 Å². The van der Waals surface area contributed by atoms with Crippen molar-refractivity contribution < 1.29 is 14.3 Å². The van der Waals surface area contributed by atoms with E-state index in [1.807, 2.05) is 55.5 Å². The topological polar surface area (TPSA) is 51.7 Å². The Balaban J connectivity index is 1.84. The number of amides is 1. The van der Waals surface area contributed by atoms with Gasteiger partial charge in [-0.1, -0.05) is 23.7 Å². The molecule has 6 heteroatoms. The fourth-order valence-corrected chi connectivity index (χ4v) is 3.02. The molecule has 1 heterocycles. The predicted octanol–water partition coefficient (Wildman–Crippen LogP) is 5.39. The first-order valence-electron chi connectivity index (χ1n) is 9.56. The molecule has 0 aliphatic heterocycles. The van der Waals surface area contributed by atoms with Gasteiger partial charge in [-0.2, -0.15) is 0 Å². The number of pyridine rings is 1. The van der Waals surface area contributed by atoms with E-state index >= 15 is 0 Å². The Hall–Kier alpha value is -3.31. The van der Waals surface area contributed by atoms with Crippen LogP contribution >= 0.6 is 11.6 Å². The second kappa shape index (κ2) is 10.5. The van der Waals surface area contributed by atoms with Crippen LogP contribution in [0, 0.1) is 0 Å². The number of benzene rings is 2. The molecule has 0 fully saturated rings. The van der Waals surface area contributed by atoms with Crippen LogP contribution in [-0.4, -0.2) is 24.6 Å². The minimum absolute atomic E-state index is 0.171. The first-order valence-corrected chi connectivity index (χ1v) is 9.94. The van der Waals surface area contributed by atoms with Gasteiger partial charge in [0.2, 0.25) is 0 Å². The van der Waals surface area contributed by atoms with Crippen LogP contribution in [0.4, 0.5) is 5.69 Å². The number of anilines is 1. The summed E-state index contributed by atoms with van der Waals surface area (Å²) in [5.41, 5.74) is 2.36. The molecule has 0 atom stereocenters. The lowest BCUT2D eigenvalue weighted by atomic mass is 10.1. The number of rotatable bonds is 8. The van der Waals surface area contributed by atoms with Gasteiger partial charge in [0.25, 0.3) is 5.91 Å². The van der Waals surface area contributed by atoms with Gasteiger partial charge in [0, 0.05) is 23.0 Å². The van der Waals surface area contributed by atoms with E-state index in [1.54, 1.807) is 36.4 Å². The Morgan fingerprint density at radius 1 is 1.10 bits per heavy atom. The number of halogens is 1. The van der Waals surface area contributed by atoms with Crippen molar-refractivity contribution in [3.63, 3.8) is 0 Å². The molecule has 0 saturated heterocycles. The highest BCUT2D eigenvalue weighted by molar-refractivity contribution is 6.30. The van der Waals surface area contributed by atoms with Crippen LogP contribution in [0.15, 0.2) is 72.9 Å². The highest BCUT2D eigenvalue weighted by Gasteiger charge is 2.15. The van der Waals surface area contributed by atoms with E-state index in [0.29, 0.717) is 29.7 Å². The third-order valence-electron chi connectivity index (χ3n) is 4.36. The molecule has 0 aliphatic carbocycles. The maximum atomic E-state index is 13.1. The van der Waals surface area contributed by atoms with E-state index in [-0.39, 0.29) is 5.91 Å². The third kappa shape index (κ3) is 5.61. The summed E-state index contributed by atoms with van der Waals surface area (Å²) in [6.45, 7) is 2.81. The second-order valence-corrected chi connectivity index (χ2v) is 6.83. The molecule has 0 N–H and O–H groups in total. The van der Waals surface area contributed by atoms with Gasteiger partial charge in [-0.05, 0) is 67.1 Å². The van der Waals surface area contributed by atoms with Crippen molar-refractivity contribution in [2.24, 2.45) is 0 Å². The number of hydrogen-bond donors (Lipinski definition) is 0. The molecule has 0 spiro atoms. The van der Waals surface area contributed by atoms with E-state index in [0.717, 1.165) is 16.9 Å². The molecule has 0 bridgehead atoms. The zero-order valence-corrected chi connectivity index (χ0v) is 17.7. The molecule has 1 amide bonds. The van der Waals surface area contributed by atoms with Crippen molar-refractivity contribution in [1.82, 2.24) is 4.98 Å². The summed E-state index contributed by atoms with van der Waals surface area (Å²) in [5.74, 6) is 1.12. The molecule has 0 radical (unpaired) electrons. The van der Waals surface area contributed by atoms with Crippen molar-refractivity contribution in [3.8, 4) is 11.5 Å². The highest BCUT2D eigenvalue weighted by Crippen LogP contribution is 2.28. The van der Waals surface area contributed by atoms with Crippen LogP contribution in [0.3, 0.4) is 0 Å². The molecule has 0 saturated carbocycles. The lowest BCUT2D eigenvalue weighted by Gasteiger charge is -2.21. The Labute approximate surface area is 181 Å². The molecule has 30 heavy (non-hydrogen) atoms. The lowest BCUT2D eigenvalue weighted by molar-refractivity contribution is -0.114. The SMILES string of the molecule is CCOc1ccc(C=CC(=O)N(Cc2ccccn2)c2ccc(Cl)cc2)cc1OC. The molecule has 3 aromatic rings. The molecule has 0 unspecified atom stereocenters. The molecule has 5 nitrogen and oxygen atoms in total. The van der Waals surface area contributed by atoms with Gasteiger partial charge in [0.05, 0.1) is 26.0 Å². The quantitative estimate of drug-likeness (QED) is 0.457. The summed E-state index contributed by atoms with van der Waals surface area (Å²) in [5, 5.41) is 0.612. The lowest BCUT2D eigenvalue weighted by Crippen LogP contribution is -2.29. The molecule has 1 aromatic heterocycles. The predicted molar refractivity (Wildman–Crippen MR) is 120 cm³/mol. The standard InChI is InChI=1S/C24H23ClN2O3/c1-3-30-22-13-7-18(16-23(22)29-2)8-14-24(28)27(17-20-6-4-5-15-26-20)21-11-9-19(25)10-12-21/h4-16H,3,17H2,1-2H3. The summed E-state index contributed by atoms with van der Waals surface area (Å²) in [4.78, 5) is 19.0. The van der Waals surface area contributed by atoms with Crippen LogP contribution in [0.5, 0.6) is 11.5 Å². The number of hydrogen-bond acceptors (Lipinski definition) is 4. The summed E-state index contributed by atoms with van der Waals surface area (Å²) >= 11 is 6.01. The van der Waals surface area contributed by atoms with E-state index < -0.39 is 0 Å². The van der Waals surface area contributed by atoms with Crippen molar-refractivity contribution in [2.75, 3.05) is 18.6 Å². The van der Waals surface area contributed by atoms with Crippen molar-refractivity contribution in [3.05, 3.63) is 89.2 Å². The Bertz CT molecular complexity index is 1000. The summed E-state index contributed by atoms with van der Waals surface area (Å²) in [7, 11) is 1.59. The van der Waals surface area contributed by atoms with Crippen LogP contribution < -0.4 is 14.4 Å². The molecule has 2 aromatic carbocycles.